The van der Waals surface area contributed by atoms with Crippen LogP contribution < -0.4 is 14.8 Å². The minimum atomic E-state index is -3.56. The Labute approximate surface area is 196 Å². The molecule has 2 atom stereocenters. The van der Waals surface area contributed by atoms with Gasteiger partial charge in [0.05, 0.1) is 41.6 Å². The van der Waals surface area contributed by atoms with Gasteiger partial charge in [-0.2, -0.15) is 0 Å². The van der Waals surface area contributed by atoms with E-state index < -0.39 is 39.7 Å². The molecule has 0 saturated carbocycles. The zero-order valence-corrected chi connectivity index (χ0v) is 20.3. The average molecular weight is 499 g/mol. The van der Waals surface area contributed by atoms with Gasteiger partial charge in [0.2, 0.25) is 5.91 Å². The van der Waals surface area contributed by atoms with E-state index in [2.05, 4.69) is 5.32 Å². The van der Waals surface area contributed by atoms with Crippen LogP contribution in [0.2, 0.25) is 0 Å². The Bertz CT molecular complexity index is 1150. The number of nitrogens with zero attached hydrogens (tertiary/aromatic N) is 1. The van der Waals surface area contributed by atoms with Gasteiger partial charge in [0, 0.05) is 18.7 Å². The Morgan fingerprint density at radius 2 is 2.03 bits per heavy atom. The first-order valence-corrected chi connectivity index (χ1v) is 12.9. The summed E-state index contributed by atoms with van der Waals surface area (Å²) in [6, 6.07) is 3.85. The molecule has 10 nitrogen and oxygen atoms in total. The van der Waals surface area contributed by atoms with Crippen LogP contribution in [0.5, 0.6) is 11.5 Å². The molecule has 0 spiro atoms. The van der Waals surface area contributed by atoms with E-state index in [1.54, 1.807) is 30.5 Å². The molecule has 180 valence electrons. The van der Waals surface area contributed by atoms with E-state index in [0.29, 0.717) is 28.5 Å². The molecule has 0 saturated heterocycles. The zero-order chi connectivity index (χ0) is 24.3. The van der Waals surface area contributed by atoms with E-state index in [1.165, 1.54) is 14.2 Å². The quantitative estimate of drug-likeness (QED) is 0.508. The predicted octanol–water partition coefficient (Wildman–Crippen LogP) is 1.97. The molecule has 2 amide bonds. The monoisotopic (exact) mass is 498 g/mol. The van der Waals surface area contributed by atoms with Gasteiger partial charge >= 0.3 is 0 Å². The highest BCUT2D eigenvalue weighted by atomic mass is 32.2. The minimum absolute atomic E-state index is 0.133. The number of carbonyl (C=O) groups excluding carboxylic acids is 2. The lowest BCUT2D eigenvalue weighted by atomic mass is 10.1. The van der Waals surface area contributed by atoms with Crippen LogP contribution in [0.3, 0.4) is 0 Å². The average Bonchev–Trinajstić information content (AvgIpc) is 3.26. The lowest BCUT2D eigenvalue weighted by Gasteiger charge is -2.31. The molecule has 0 aliphatic carbocycles. The maximum absolute atomic E-state index is 13.4. The number of amides is 2. The van der Waals surface area contributed by atoms with Crippen LogP contribution in [0.25, 0.3) is 0 Å². The summed E-state index contributed by atoms with van der Waals surface area (Å²) in [4.78, 5) is 26.8. The number of nitrogens with one attached hydrogen (secondary N) is 1. The van der Waals surface area contributed by atoms with E-state index in [4.69, 9.17) is 14.2 Å². The largest absolute Gasteiger partial charge is 0.493 e. The molecular weight excluding hydrogens is 472 g/mol. The van der Waals surface area contributed by atoms with Gasteiger partial charge in [0.1, 0.15) is 16.4 Å². The maximum atomic E-state index is 13.4. The van der Waals surface area contributed by atoms with Gasteiger partial charge < -0.3 is 24.6 Å². The topological polar surface area (TPSA) is 131 Å². The highest BCUT2D eigenvalue weighted by Gasteiger charge is 2.44. The Morgan fingerprint density at radius 3 is 2.64 bits per heavy atom. The highest BCUT2D eigenvalue weighted by Crippen LogP contribution is 2.46. The number of ether oxygens (including phenoxy) is 3. The molecule has 1 aromatic carbocycles. The van der Waals surface area contributed by atoms with Gasteiger partial charge in [-0.25, -0.2) is 8.42 Å². The number of rotatable bonds is 10. The summed E-state index contributed by atoms with van der Waals surface area (Å²) in [7, 11) is -0.710. The predicted molar refractivity (Wildman–Crippen MR) is 123 cm³/mol. The fourth-order valence-electron chi connectivity index (χ4n) is 3.66. The Hall–Kier alpha value is -2.67. The van der Waals surface area contributed by atoms with Crippen LogP contribution in [-0.4, -0.2) is 69.7 Å². The number of hydrogen-bond donors (Lipinski definition) is 2. The summed E-state index contributed by atoms with van der Waals surface area (Å²) < 4.78 is 40.2. The molecule has 1 aliphatic rings. The van der Waals surface area contributed by atoms with Crippen molar-refractivity contribution in [3.63, 3.8) is 0 Å². The van der Waals surface area contributed by atoms with Crippen LogP contribution in [0.1, 0.15) is 40.0 Å². The third kappa shape index (κ3) is 5.29. The number of aliphatic hydroxyl groups excluding tert-OH is 1. The van der Waals surface area contributed by atoms with E-state index in [0.717, 1.165) is 22.5 Å². The Kier molecular flexibility index (Phi) is 7.62. The second-order valence-corrected chi connectivity index (χ2v) is 10.5. The van der Waals surface area contributed by atoms with E-state index >= 15 is 0 Å². The number of thiophene rings is 1. The summed E-state index contributed by atoms with van der Waals surface area (Å²) in [6.07, 6.45) is -0.318. The standard InChI is InChI=1S/C21H26N2O8S2/c1-5-31-16-8-12(6-7-15(16)30-3)14(11-33(4,27)28)23-20(25)18-13(22-17(24)9-29-2)10-32-19(18)21(23)26/h6-8,10,14,21,26H,5,9,11H2,1-4H3,(H,22,24)/t14-,21?/m1/s1. The first-order valence-electron chi connectivity index (χ1n) is 10.0. The molecule has 3 rings (SSSR count). The van der Waals surface area contributed by atoms with Crippen molar-refractivity contribution < 1.29 is 37.3 Å². The first-order chi connectivity index (χ1) is 15.6. The van der Waals surface area contributed by atoms with Gasteiger partial charge in [-0.15, -0.1) is 11.3 Å². The van der Waals surface area contributed by atoms with Crippen molar-refractivity contribution >= 4 is 38.7 Å². The molecule has 0 bridgehead atoms. The van der Waals surface area contributed by atoms with Gasteiger partial charge in [-0.05, 0) is 24.6 Å². The van der Waals surface area contributed by atoms with Gasteiger partial charge in [-0.3, -0.25) is 14.5 Å². The first kappa shape index (κ1) is 25.0. The lowest BCUT2D eigenvalue weighted by molar-refractivity contribution is -0.119. The van der Waals surface area contributed by atoms with Crippen molar-refractivity contribution in [2.45, 2.75) is 19.2 Å². The minimum Gasteiger partial charge on any atom is -0.493 e. The molecule has 0 radical (unpaired) electrons. The van der Waals surface area contributed by atoms with E-state index in [1.807, 2.05) is 0 Å². The van der Waals surface area contributed by atoms with Crippen LogP contribution in [0.4, 0.5) is 5.69 Å². The molecule has 0 fully saturated rings. The van der Waals surface area contributed by atoms with E-state index in [-0.39, 0.29) is 17.9 Å². The van der Waals surface area contributed by atoms with Gasteiger partial charge in [0.15, 0.2) is 17.7 Å². The number of methoxy groups -OCH3 is 2. The molecule has 1 aromatic heterocycles. The van der Waals surface area contributed by atoms with Crippen molar-refractivity contribution in [3.05, 3.63) is 39.6 Å². The summed E-state index contributed by atoms with van der Waals surface area (Å²) in [6.45, 7) is 1.95. The second-order valence-electron chi connectivity index (χ2n) is 7.41. The van der Waals surface area contributed by atoms with E-state index in [9.17, 15) is 23.1 Å². The number of carbonyl (C=O) groups is 2. The summed E-state index contributed by atoms with van der Waals surface area (Å²) in [5.41, 5.74) is 0.831. The molecule has 1 aliphatic heterocycles. The van der Waals surface area contributed by atoms with Crippen molar-refractivity contribution in [1.29, 1.82) is 0 Å². The number of benzene rings is 1. The SMILES string of the molecule is CCOc1cc([C@@H](CS(C)(=O)=O)N2C(=O)c3c(NC(=O)COC)csc3C2O)ccc1OC. The normalized spacial score (nSPS) is 16.5. The highest BCUT2D eigenvalue weighted by molar-refractivity contribution is 7.90. The molecule has 1 unspecified atom stereocenters. The molecule has 12 heteroatoms. The second kappa shape index (κ2) is 10.1. The van der Waals surface area contributed by atoms with Crippen molar-refractivity contribution in [2.24, 2.45) is 0 Å². The maximum Gasteiger partial charge on any atom is 0.260 e. The number of sulfone groups is 1. The van der Waals surface area contributed by atoms with Gasteiger partial charge in [-0.1, -0.05) is 6.07 Å². The fourth-order valence-corrected chi connectivity index (χ4v) is 5.56. The van der Waals surface area contributed by atoms with Crippen molar-refractivity contribution in [3.8, 4) is 11.5 Å². The number of fused-ring (bicyclic) bond motifs is 1. The van der Waals surface area contributed by atoms with Crippen LogP contribution >= 0.6 is 11.3 Å². The van der Waals surface area contributed by atoms with Crippen LogP contribution in [0.15, 0.2) is 23.6 Å². The van der Waals surface area contributed by atoms with Crippen LogP contribution in [-0.2, 0) is 19.4 Å². The third-order valence-electron chi connectivity index (χ3n) is 4.98. The van der Waals surface area contributed by atoms with Crippen LogP contribution in [0, 0.1) is 0 Å². The Balaban J connectivity index is 2.03. The molecule has 33 heavy (non-hydrogen) atoms. The number of anilines is 1. The smallest absolute Gasteiger partial charge is 0.260 e. The lowest BCUT2D eigenvalue weighted by Crippen LogP contribution is -2.36. The number of hydrogen-bond acceptors (Lipinski definition) is 9. The molecular formula is C21H26N2O8S2. The molecule has 2 aromatic rings. The Morgan fingerprint density at radius 1 is 1.30 bits per heavy atom. The summed E-state index contributed by atoms with van der Waals surface area (Å²) >= 11 is 1.10. The number of aliphatic hydroxyl groups is 1. The third-order valence-corrected chi connectivity index (χ3v) is 6.93. The fraction of sp³-hybridized carbons (Fsp3) is 0.429. The molecule has 2 heterocycles. The van der Waals surface area contributed by atoms with Crippen molar-refractivity contribution in [1.82, 2.24) is 4.90 Å². The van der Waals surface area contributed by atoms with Gasteiger partial charge in [0.25, 0.3) is 5.91 Å². The zero-order valence-electron chi connectivity index (χ0n) is 18.7. The van der Waals surface area contributed by atoms with Crippen molar-refractivity contribution in [2.75, 3.05) is 44.8 Å². The summed E-state index contributed by atoms with van der Waals surface area (Å²) in [5, 5.41) is 15.1. The summed E-state index contributed by atoms with van der Waals surface area (Å²) in [5.74, 6) is -0.626. The molecule has 2 N–H and O–H groups in total.